The molecule has 0 aliphatic carbocycles. The van der Waals surface area contributed by atoms with Gasteiger partial charge < -0.3 is 20.0 Å². The third-order valence-electron chi connectivity index (χ3n) is 3.11. The van der Waals surface area contributed by atoms with Gasteiger partial charge in [0.25, 0.3) is 5.91 Å². The van der Waals surface area contributed by atoms with Crippen LogP contribution in [-0.2, 0) is 19.2 Å². The molecule has 0 bridgehead atoms. The summed E-state index contributed by atoms with van der Waals surface area (Å²) in [5.41, 5.74) is -0.110. The van der Waals surface area contributed by atoms with Gasteiger partial charge in [-0.15, -0.1) is 0 Å². The van der Waals surface area contributed by atoms with Crippen LogP contribution in [0.25, 0.3) is 0 Å². The first-order valence-corrected chi connectivity index (χ1v) is 5.98. The van der Waals surface area contributed by atoms with Crippen LogP contribution in [0.4, 0.5) is 0 Å². The Balaban J connectivity index is 1.71. The molecular formula is C11H16N2O5. The average Bonchev–Trinajstić information content (AvgIpc) is 2.87. The molecule has 1 unspecified atom stereocenters. The number of oxime groups is 1. The summed E-state index contributed by atoms with van der Waals surface area (Å²) >= 11 is 0. The van der Waals surface area contributed by atoms with Crippen LogP contribution in [0.1, 0.15) is 19.3 Å². The van der Waals surface area contributed by atoms with Gasteiger partial charge in [0, 0.05) is 26.2 Å². The van der Waals surface area contributed by atoms with Crippen LogP contribution in [0.5, 0.6) is 0 Å². The van der Waals surface area contributed by atoms with Crippen LogP contribution in [0.2, 0.25) is 0 Å². The average molecular weight is 256 g/mol. The topological polar surface area (TPSA) is 97.2 Å². The van der Waals surface area contributed by atoms with Gasteiger partial charge in [-0.1, -0.05) is 5.16 Å². The molecule has 1 fully saturated rings. The smallest absolute Gasteiger partial charge is 0.353 e. The molecule has 18 heavy (non-hydrogen) atoms. The predicted molar refractivity (Wildman–Crippen MR) is 61.1 cm³/mol. The molecule has 0 aromatic rings. The van der Waals surface area contributed by atoms with Crippen molar-refractivity contribution in [2.24, 2.45) is 11.1 Å². The van der Waals surface area contributed by atoms with Crippen LogP contribution in [0, 0.1) is 5.92 Å². The van der Waals surface area contributed by atoms with Crippen molar-refractivity contribution in [2.75, 3.05) is 19.8 Å². The Morgan fingerprint density at radius 2 is 2.11 bits per heavy atom. The van der Waals surface area contributed by atoms with E-state index in [1.807, 2.05) is 0 Å². The van der Waals surface area contributed by atoms with E-state index in [0.717, 1.165) is 26.1 Å². The van der Waals surface area contributed by atoms with E-state index >= 15 is 0 Å². The van der Waals surface area contributed by atoms with Crippen molar-refractivity contribution in [3.63, 3.8) is 0 Å². The molecule has 1 saturated heterocycles. The fourth-order valence-corrected chi connectivity index (χ4v) is 1.95. The fourth-order valence-electron chi connectivity index (χ4n) is 1.95. The van der Waals surface area contributed by atoms with E-state index in [1.54, 1.807) is 0 Å². The third kappa shape index (κ3) is 3.19. The number of ether oxygens (including phenoxy) is 1. The number of nitrogens with one attached hydrogen (secondary N) is 1. The van der Waals surface area contributed by atoms with Crippen LogP contribution in [-0.4, -0.2) is 48.6 Å². The number of aliphatic carboxylic acids is 1. The highest BCUT2D eigenvalue weighted by atomic mass is 16.6. The van der Waals surface area contributed by atoms with Gasteiger partial charge in [0.1, 0.15) is 0 Å². The van der Waals surface area contributed by atoms with Crippen molar-refractivity contribution >= 4 is 17.6 Å². The summed E-state index contributed by atoms with van der Waals surface area (Å²) in [4.78, 5) is 27.1. The van der Waals surface area contributed by atoms with Crippen LogP contribution < -0.4 is 5.32 Å². The summed E-state index contributed by atoms with van der Waals surface area (Å²) in [6, 6.07) is 0. The molecule has 0 aromatic heterocycles. The summed E-state index contributed by atoms with van der Waals surface area (Å²) in [6.45, 7) is 2.03. The number of carbonyl (C=O) groups excluding carboxylic acids is 1. The Bertz CT molecular complexity index is 362. The minimum Gasteiger partial charge on any atom is -0.477 e. The van der Waals surface area contributed by atoms with Crippen LogP contribution >= 0.6 is 0 Å². The van der Waals surface area contributed by atoms with Gasteiger partial charge in [-0.3, -0.25) is 4.79 Å². The highest BCUT2D eigenvalue weighted by Crippen LogP contribution is 2.14. The van der Waals surface area contributed by atoms with E-state index in [4.69, 9.17) is 14.7 Å². The van der Waals surface area contributed by atoms with Crippen LogP contribution in [0.3, 0.4) is 0 Å². The maximum Gasteiger partial charge on any atom is 0.353 e. The number of carbonyl (C=O) groups is 2. The molecule has 2 aliphatic rings. The molecule has 100 valence electrons. The Hall–Kier alpha value is -1.63. The van der Waals surface area contributed by atoms with Crippen molar-refractivity contribution in [1.82, 2.24) is 5.32 Å². The lowest BCUT2D eigenvalue weighted by molar-refractivity contribution is -0.131. The largest absolute Gasteiger partial charge is 0.477 e. The van der Waals surface area contributed by atoms with Crippen molar-refractivity contribution in [2.45, 2.75) is 25.4 Å². The van der Waals surface area contributed by atoms with Crippen molar-refractivity contribution < 1.29 is 24.3 Å². The number of amides is 1. The summed E-state index contributed by atoms with van der Waals surface area (Å²) in [6.07, 6.45) is 1.08. The zero-order chi connectivity index (χ0) is 13.0. The van der Waals surface area contributed by atoms with E-state index in [9.17, 15) is 9.59 Å². The molecule has 0 aromatic carbocycles. The molecular weight excluding hydrogens is 240 g/mol. The molecule has 2 aliphatic heterocycles. The standard InChI is InChI=1S/C11H16N2O5/c14-10(9-5-8(11(15)16)13-18-9)12-6-7-1-3-17-4-2-7/h7,9H,1-6H2,(H,12,14)(H,15,16). The molecule has 2 rings (SSSR count). The molecule has 1 amide bonds. The van der Waals surface area contributed by atoms with Crippen molar-refractivity contribution in [3.05, 3.63) is 0 Å². The Morgan fingerprint density at radius 3 is 2.72 bits per heavy atom. The number of hydrogen-bond donors (Lipinski definition) is 2. The summed E-state index contributed by atoms with van der Waals surface area (Å²) in [5.74, 6) is -1.03. The number of carboxylic acid groups (broad SMARTS) is 1. The summed E-state index contributed by atoms with van der Waals surface area (Å²) < 4.78 is 5.23. The second-order valence-corrected chi connectivity index (χ2v) is 4.44. The highest BCUT2D eigenvalue weighted by molar-refractivity contribution is 6.36. The van der Waals surface area contributed by atoms with Gasteiger partial charge in [0.05, 0.1) is 0 Å². The zero-order valence-corrected chi connectivity index (χ0v) is 9.92. The maximum atomic E-state index is 11.7. The van der Waals surface area contributed by atoms with Crippen LogP contribution in [0.15, 0.2) is 5.16 Å². The Morgan fingerprint density at radius 1 is 1.39 bits per heavy atom. The van der Waals surface area contributed by atoms with E-state index in [0.29, 0.717) is 12.5 Å². The lowest BCUT2D eigenvalue weighted by Crippen LogP contribution is -2.39. The molecule has 2 N–H and O–H groups in total. The summed E-state index contributed by atoms with van der Waals surface area (Å²) in [5, 5.41) is 14.8. The van der Waals surface area contributed by atoms with Gasteiger partial charge in [-0.2, -0.15) is 0 Å². The van der Waals surface area contributed by atoms with E-state index < -0.39 is 12.1 Å². The SMILES string of the molecule is O=C(O)C1=NOC(C(=O)NCC2CCOCC2)C1. The highest BCUT2D eigenvalue weighted by Gasteiger charge is 2.31. The quantitative estimate of drug-likeness (QED) is 0.723. The predicted octanol–water partition coefficient (Wildman–Crippen LogP) is -0.241. The van der Waals surface area contributed by atoms with E-state index in [-0.39, 0.29) is 18.0 Å². The molecule has 2 heterocycles. The first-order chi connectivity index (χ1) is 8.66. The minimum atomic E-state index is -1.14. The lowest BCUT2D eigenvalue weighted by atomic mass is 10.0. The molecule has 1 atom stereocenters. The first kappa shape index (κ1) is 12.8. The van der Waals surface area contributed by atoms with Gasteiger partial charge in [0.15, 0.2) is 5.71 Å². The van der Waals surface area contributed by atoms with Gasteiger partial charge in [-0.05, 0) is 18.8 Å². The number of hydrogen-bond acceptors (Lipinski definition) is 5. The van der Waals surface area contributed by atoms with Gasteiger partial charge >= 0.3 is 5.97 Å². The minimum absolute atomic E-state index is 0.0228. The van der Waals surface area contributed by atoms with E-state index in [2.05, 4.69) is 10.5 Å². The number of rotatable bonds is 4. The number of carboxylic acids is 1. The normalized spacial score (nSPS) is 24.2. The lowest BCUT2D eigenvalue weighted by Gasteiger charge is -2.22. The zero-order valence-electron chi connectivity index (χ0n) is 9.92. The number of nitrogens with zero attached hydrogens (tertiary/aromatic N) is 1. The molecule has 7 heteroatoms. The van der Waals surface area contributed by atoms with Crippen molar-refractivity contribution in [3.8, 4) is 0 Å². The third-order valence-corrected chi connectivity index (χ3v) is 3.11. The summed E-state index contributed by atoms with van der Waals surface area (Å²) in [7, 11) is 0. The molecule has 0 spiro atoms. The molecule has 0 radical (unpaired) electrons. The monoisotopic (exact) mass is 256 g/mol. The molecule has 7 nitrogen and oxygen atoms in total. The maximum absolute atomic E-state index is 11.7. The first-order valence-electron chi connectivity index (χ1n) is 5.98. The van der Waals surface area contributed by atoms with E-state index in [1.165, 1.54) is 0 Å². The fraction of sp³-hybridized carbons (Fsp3) is 0.727. The molecule has 0 saturated carbocycles. The Labute approximate surface area is 104 Å². The van der Waals surface area contributed by atoms with Gasteiger partial charge in [-0.25, -0.2) is 4.79 Å². The second kappa shape index (κ2) is 5.81. The second-order valence-electron chi connectivity index (χ2n) is 4.44. The Kier molecular flexibility index (Phi) is 4.14. The van der Waals surface area contributed by atoms with Crippen molar-refractivity contribution in [1.29, 1.82) is 0 Å². The van der Waals surface area contributed by atoms with Gasteiger partial charge in [0.2, 0.25) is 6.10 Å².